The number of ether oxygens (including phenoxy) is 2. The fourth-order valence-electron chi connectivity index (χ4n) is 1.17. The van der Waals surface area contributed by atoms with E-state index in [0.717, 1.165) is 23.5 Å². The molecule has 3 nitrogen and oxygen atoms in total. The highest BCUT2D eigenvalue weighted by molar-refractivity contribution is 5.85. The van der Waals surface area contributed by atoms with Crippen molar-refractivity contribution in [3.8, 4) is 11.5 Å². The summed E-state index contributed by atoms with van der Waals surface area (Å²) in [6.45, 7) is 3.29. The van der Waals surface area contributed by atoms with E-state index in [1.165, 1.54) is 0 Å². The standard InChI is InChI=1S/C11H17NO2.ClH/c1-3-6-14-11-7-9(8-12)4-5-10(11)13-2;/h4-5,7H,3,6,8,12H2,1-2H3;1H. The van der Waals surface area contributed by atoms with Crippen LogP contribution in [0.1, 0.15) is 18.9 Å². The van der Waals surface area contributed by atoms with E-state index in [1.807, 2.05) is 18.2 Å². The zero-order valence-corrected chi connectivity index (χ0v) is 9.97. The number of benzene rings is 1. The molecule has 0 saturated carbocycles. The molecule has 0 aliphatic heterocycles. The highest BCUT2D eigenvalue weighted by atomic mass is 35.5. The van der Waals surface area contributed by atoms with E-state index in [1.54, 1.807) is 7.11 Å². The second kappa shape index (κ2) is 7.37. The smallest absolute Gasteiger partial charge is 0.161 e. The van der Waals surface area contributed by atoms with E-state index >= 15 is 0 Å². The second-order valence-electron chi connectivity index (χ2n) is 3.04. The van der Waals surface area contributed by atoms with Gasteiger partial charge in [0.1, 0.15) is 0 Å². The Labute approximate surface area is 97.0 Å². The van der Waals surface area contributed by atoms with Crippen LogP contribution in [0.15, 0.2) is 18.2 Å². The van der Waals surface area contributed by atoms with Crippen LogP contribution >= 0.6 is 12.4 Å². The van der Waals surface area contributed by atoms with Crippen molar-refractivity contribution in [1.82, 2.24) is 0 Å². The third-order valence-electron chi connectivity index (χ3n) is 1.93. The molecule has 0 aliphatic rings. The molecule has 0 atom stereocenters. The second-order valence-corrected chi connectivity index (χ2v) is 3.04. The molecule has 0 heterocycles. The molecular weight excluding hydrogens is 214 g/mol. The summed E-state index contributed by atoms with van der Waals surface area (Å²) >= 11 is 0. The first-order valence-electron chi connectivity index (χ1n) is 4.81. The molecule has 2 N–H and O–H groups in total. The number of halogens is 1. The van der Waals surface area contributed by atoms with Gasteiger partial charge >= 0.3 is 0 Å². The Balaban J connectivity index is 0.00000196. The van der Waals surface area contributed by atoms with E-state index < -0.39 is 0 Å². The molecule has 0 bridgehead atoms. The van der Waals surface area contributed by atoms with Gasteiger partial charge in [0.25, 0.3) is 0 Å². The van der Waals surface area contributed by atoms with Crippen LogP contribution in [0.25, 0.3) is 0 Å². The summed E-state index contributed by atoms with van der Waals surface area (Å²) in [5, 5.41) is 0. The van der Waals surface area contributed by atoms with Crippen LogP contribution in [0.3, 0.4) is 0 Å². The van der Waals surface area contributed by atoms with Crippen LogP contribution < -0.4 is 15.2 Å². The maximum absolute atomic E-state index is 5.54. The lowest BCUT2D eigenvalue weighted by atomic mass is 10.2. The molecule has 1 aromatic rings. The van der Waals surface area contributed by atoms with E-state index in [-0.39, 0.29) is 12.4 Å². The topological polar surface area (TPSA) is 44.5 Å². The molecule has 0 amide bonds. The first kappa shape index (κ1) is 14.1. The summed E-state index contributed by atoms with van der Waals surface area (Å²) in [7, 11) is 1.64. The molecule has 4 heteroatoms. The first-order valence-corrected chi connectivity index (χ1v) is 4.81. The molecule has 0 radical (unpaired) electrons. The summed E-state index contributed by atoms with van der Waals surface area (Å²) in [6, 6.07) is 5.75. The van der Waals surface area contributed by atoms with Gasteiger partial charge < -0.3 is 15.2 Å². The maximum atomic E-state index is 5.54. The van der Waals surface area contributed by atoms with Gasteiger partial charge in [-0.1, -0.05) is 13.0 Å². The van der Waals surface area contributed by atoms with Crippen molar-refractivity contribution < 1.29 is 9.47 Å². The molecule has 15 heavy (non-hydrogen) atoms. The maximum Gasteiger partial charge on any atom is 0.161 e. The van der Waals surface area contributed by atoms with Gasteiger partial charge in [0.2, 0.25) is 0 Å². The van der Waals surface area contributed by atoms with Crippen molar-refractivity contribution in [2.75, 3.05) is 13.7 Å². The monoisotopic (exact) mass is 231 g/mol. The van der Waals surface area contributed by atoms with Crippen LogP contribution in [-0.4, -0.2) is 13.7 Å². The van der Waals surface area contributed by atoms with Crippen molar-refractivity contribution in [3.05, 3.63) is 23.8 Å². The molecular formula is C11H18ClNO2. The minimum absolute atomic E-state index is 0. The molecule has 86 valence electrons. The van der Waals surface area contributed by atoms with Crippen LogP contribution in [0, 0.1) is 0 Å². The van der Waals surface area contributed by atoms with Crippen molar-refractivity contribution in [2.45, 2.75) is 19.9 Å². The van der Waals surface area contributed by atoms with Gasteiger partial charge in [0, 0.05) is 6.54 Å². The molecule has 0 aromatic heterocycles. The van der Waals surface area contributed by atoms with Crippen LogP contribution in [0.5, 0.6) is 11.5 Å². The summed E-state index contributed by atoms with van der Waals surface area (Å²) < 4.78 is 10.7. The molecule has 0 unspecified atom stereocenters. The van der Waals surface area contributed by atoms with E-state index in [9.17, 15) is 0 Å². The minimum Gasteiger partial charge on any atom is -0.493 e. The number of hydrogen-bond acceptors (Lipinski definition) is 3. The lowest BCUT2D eigenvalue weighted by Crippen LogP contribution is -2.01. The number of hydrogen-bond donors (Lipinski definition) is 1. The van der Waals surface area contributed by atoms with Crippen molar-refractivity contribution >= 4 is 12.4 Å². The van der Waals surface area contributed by atoms with E-state index in [4.69, 9.17) is 15.2 Å². The fourth-order valence-corrected chi connectivity index (χ4v) is 1.17. The minimum atomic E-state index is 0. The Morgan fingerprint density at radius 2 is 2.00 bits per heavy atom. The van der Waals surface area contributed by atoms with Gasteiger partial charge in [-0.05, 0) is 24.1 Å². The van der Waals surface area contributed by atoms with Gasteiger partial charge in [-0.25, -0.2) is 0 Å². The summed E-state index contributed by atoms with van der Waals surface area (Å²) in [6.07, 6.45) is 0.982. The third-order valence-corrected chi connectivity index (χ3v) is 1.93. The fraction of sp³-hybridized carbons (Fsp3) is 0.455. The Hall–Kier alpha value is -0.930. The van der Waals surface area contributed by atoms with Crippen molar-refractivity contribution in [1.29, 1.82) is 0 Å². The third kappa shape index (κ3) is 3.98. The summed E-state index contributed by atoms with van der Waals surface area (Å²) in [5.41, 5.74) is 6.60. The highest BCUT2D eigenvalue weighted by Gasteiger charge is 2.04. The zero-order chi connectivity index (χ0) is 10.4. The molecule has 0 fully saturated rings. The SMILES string of the molecule is CCCOc1cc(CN)ccc1OC.Cl. The average Bonchev–Trinajstić information content (AvgIpc) is 2.25. The van der Waals surface area contributed by atoms with E-state index in [2.05, 4.69) is 6.92 Å². The normalized spacial score (nSPS) is 9.27. The molecule has 0 spiro atoms. The Kier molecular flexibility index (Phi) is 6.92. The summed E-state index contributed by atoms with van der Waals surface area (Å²) in [4.78, 5) is 0. The Bertz CT molecular complexity index is 292. The lowest BCUT2D eigenvalue weighted by molar-refractivity contribution is 0.294. The van der Waals surface area contributed by atoms with Crippen LogP contribution in [0.4, 0.5) is 0 Å². The predicted molar refractivity (Wildman–Crippen MR) is 63.9 cm³/mol. The zero-order valence-electron chi connectivity index (χ0n) is 9.16. The average molecular weight is 232 g/mol. The Morgan fingerprint density at radius 1 is 1.27 bits per heavy atom. The quantitative estimate of drug-likeness (QED) is 0.846. The predicted octanol–water partition coefficient (Wildman–Crippen LogP) is 2.36. The first-order chi connectivity index (χ1) is 6.81. The van der Waals surface area contributed by atoms with Gasteiger partial charge in [-0.3, -0.25) is 0 Å². The van der Waals surface area contributed by atoms with Crippen molar-refractivity contribution in [2.24, 2.45) is 5.73 Å². The van der Waals surface area contributed by atoms with E-state index in [0.29, 0.717) is 13.2 Å². The van der Waals surface area contributed by atoms with Crippen LogP contribution in [0.2, 0.25) is 0 Å². The molecule has 1 rings (SSSR count). The highest BCUT2D eigenvalue weighted by Crippen LogP contribution is 2.27. The van der Waals surface area contributed by atoms with Crippen molar-refractivity contribution in [3.63, 3.8) is 0 Å². The molecule has 0 saturated heterocycles. The number of nitrogens with two attached hydrogens (primary N) is 1. The number of rotatable bonds is 5. The largest absolute Gasteiger partial charge is 0.493 e. The molecule has 0 aliphatic carbocycles. The summed E-state index contributed by atoms with van der Waals surface area (Å²) in [5.74, 6) is 1.54. The molecule has 1 aromatic carbocycles. The lowest BCUT2D eigenvalue weighted by Gasteiger charge is -2.10. The van der Waals surface area contributed by atoms with Crippen LogP contribution in [-0.2, 0) is 6.54 Å². The van der Waals surface area contributed by atoms with Gasteiger partial charge in [-0.2, -0.15) is 0 Å². The van der Waals surface area contributed by atoms with Gasteiger partial charge in [0.05, 0.1) is 13.7 Å². The Morgan fingerprint density at radius 3 is 2.53 bits per heavy atom. The van der Waals surface area contributed by atoms with Gasteiger partial charge in [-0.15, -0.1) is 12.4 Å². The van der Waals surface area contributed by atoms with Gasteiger partial charge in [0.15, 0.2) is 11.5 Å². The number of methoxy groups -OCH3 is 1.